The van der Waals surface area contributed by atoms with E-state index < -0.39 is 23.0 Å². The molecule has 2 heterocycles. The Bertz CT molecular complexity index is 1100. The summed E-state index contributed by atoms with van der Waals surface area (Å²) < 4.78 is 42.5. The van der Waals surface area contributed by atoms with Gasteiger partial charge in [-0.25, -0.2) is 13.8 Å². The van der Waals surface area contributed by atoms with Crippen LogP contribution in [-0.4, -0.2) is 13.5 Å². The summed E-state index contributed by atoms with van der Waals surface area (Å²) in [6, 6.07) is 14.3. The standard InChI is InChI=1S/C19H11F2IN2OS/c20-13-6-7-15(17(21)9-13)12-8-16-18(22)11-24(19(16)23-10-12)26(25)14-4-2-1-3-5-14/h1-11H. The molecule has 0 aliphatic rings. The van der Waals surface area contributed by atoms with Crippen LogP contribution in [-0.2, 0) is 11.4 Å². The Labute approximate surface area is 165 Å². The lowest BCUT2D eigenvalue weighted by Crippen LogP contribution is -2.12. The van der Waals surface area contributed by atoms with E-state index in [2.05, 4.69) is 27.6 Å². The van der Waals surface area contributed by atoms with E-state index in [4.69, 9.17) is 0 Å². The monoisotopic (exact) mass is 480 g/mol. The summed E-state index contributed by atoms with van der Waals surface area (Å²) in [4.78, 5) is 5.06. The van der Waals surface area contributed by atoms with E-state index >= 15 is 0 Å². The lowest BCUT2D eigenvalue weighted by Gasteiger charge is -2.10. The van der Waals surface area contributed by atoms with Crippen molar-refractivity contribution in [1.29, 1.82) is 0 Å². The Kier molecular flexibility index (Phi) is 4.68. The van der Waals surface area contributed by atoms with E-state index in [0.717, 1.165) is 15.0 Å². The molecule has 0 fully saturated rings. The second kappa shape index (κ2) is 6.98. The second-order valence-corrected chi connectivity index (χ2v) is 8.11. The van der Waals surface area contributed by atoms with E-state index in [1.807, 2.05) is 18.2 Å². The van der Waals surface area contributed by atoms with Gasteiger partial charge in [0.2, 0.25) is 0 Å². The number of fused-ring (bicyclic) bond motifs is 1. The molecule has 1 unspecified atom stereocenters. The molecule has 130 valence electrons. The largest absolute Gasteiger partial charge is 0.587 e. The van der Waals surface area contributed by atoms with Crippen molar-refractivity contribution in [1.82, 2.24) is 8.96 Å². The number of nitrogens with zero attached hydrogens (tertiary/aromatic N) is 2. The third-order valence-corrected chi connectivity index (χ3v) is 6.10. The molecule has 1 atom stereocenters. The maximum atomic E-state index is 14.1. The van der Waals surface area contributed by atoms with Gasteiger partial charge in [0.15, 0.2) is 10.5 Å². The molecule has 3 nitrogen and oxygen atoms in total. The summed E-state index contributed by atoms with van der Waals surface area (Å²) in [6.07, 6.45) is 3.26. The van der Waals surface area contributed by atoms with Gasteiger partial charge in [0.25, 0.3) is 0 Å². The fourth-order valence-corrected chi connectivity index (χ4v) is 4.68. The van der Waals surface area contributed by atoms with Crippen molar-refractivity contribution in [2.75, 3.05) is 0 Å². The molecule has 0 saturated heterocycles. The van der Waals surface area contributed by atoms with Gasteiger partial charge < -0.3 is 4.55 Å². The van der Waals surface area contributed by atoms with Crippen molar-refractivity contribution in [3.05, 3.63) is 82.2 Å². The van der Waals surface area contributed by atoms with Gasteiger partial charge in [-0.05, 0) is 52.9 Å². The Morgan fingerprint density at radius 3 is 2.54 bits per heavy atom. The van der Waals surface area contributed by atoms with Crippen LogP contribution in [0.25, 0.3) is 22.2 Å². The average Bonchev–Trinajstić information content (AvgIpc) is 2.98. The van der Waals surface area contributed by atoms with Crippen LogP contribution in [0.3, 0.4) is 0 Å². The zero-order valence-electron chi connectivity index (χ0n) is 13.2. The van der Waals surface area contributed by atoms with Crippen molar-refractivity contribution in [2.45, 2.75) is 4.90 Å². The lowest BCUT2D eigenvalue weighted by atomic mass is 10.1. The summed E-state index contributed by atoms with van der Waals surface area (Å²) in [5, 5.41) is 0.760. The maximum Gasteiger partial charge on any atom is 0.187 e. The van der Waals surface area contributed by atoms with Gasteiger partial charge in [0.1, 0.15) is 23.0 Å². The Morgan fingerprint density at radius 2 is 1.81 bits per heavy atom. The molecule has 2 aromatic heterocycles. The first kappa shape index (κ1) is 17.4. The molecule has 0 aliphatic carbocycles. The predicted molar refractivity (Wildman–Crippen MR) is 106 cm³/mol. The highest BCUT2D eigenvalue weighted by Gasteiger charge is 2.20. The number of pyridine rings is 1. The van der Waals surface area contributed by atoms with Crippen molar-refractivity contribution < 1.29 is 13.3 Å². The number of hydrogen-bond acceptors (Lipinski definition) is 2. The smallest absolute Gasteiger partial charge is 0.187 e. The maximum absolute atomic E-state index is 14.1. The minimum Gasteiger partial charge on any atom is -0.587 e. The van der Waals surface area contributed by atoms with Crippen LogP contribution in [0, 0.1) is 15.2 Å². The molecule has 0 aliphatic heterocycles. The van der Waals surface area contributed by atoms with Crippen LogP contribution >= 0.6 is 22.6 Å². The highest BCUT2D eigenvalue weighted by atomic mass is 127. The first-order valence-corrected chi connectivity index (χ1v) is 9.82. The molecule has 0 N–H and O–H groups in total. The molecule has 0 spiro atoms. The first-order valence-electron chi connectivity index (χ1n) is 7.64. The molecule has 4 rings (SSSR count). The van der Waals surface area contributed by atoms with Crippen molar-refractivity contribution in [3.63, 3.8) is 0 Å². The summed E-state index contributed by atoms with van der Waals surface area (Å²) in [5.41, 5.74) is 1.35. The van der Waals surface area contributed by atoms with Crippen LogP contribution in [0.5, 0.6) is 0 Å². The van der Waals surface area contributed by atoms with E-state index in [-0.39, 0.29) is 5.56 Å². The Morgan fingerprint density at radius 1 is 1.04 bits per heavy atom. The highest BCUT2D eigenvalue weighted by molar-refractivity contribution is 14.1. The van der Waals surface area contributed by atoms with E-state index in [0.29, 0.717) is 16.1 Å². The third-order valence-electron chi connectivity index (χ3n) is 3.93. The molecule has 0 amide bonds. The molecular formula is C19H11F2IN2OS. The Hall–Kier alpha value is -1.97. The number of benzene rings is 2. The first-order chi connectivity index (χ1) is 12.5. The summed E-state index contributed by atoms with van der Waals surface area (Å²) in [6.45, 7) is 0. The van der Waals surface area contributed by atoms with Crippen molar-refractivity contribution in [3.8, 4) is 11.1 Å². The molecule has 0 radical (unpaired) electrons. The second-order valence-electron chi connectivity index (χ2n) is 5.58. The van der Waals surface area contributed by atoms with Gasteiger partial charge in [-0.1, -0.05) is 18.2 Å². The fraction of sp³-hybridized carbons (Fsp3) is 0. The topological polar surface area (TPSA) is 40.9 Å². The molecule has 26 heavy (non-hydrogen) atoms. The van der Waals surface area contributed by atoms with Gasteiger partial charge in [0.05, 0.1) is 6.20 Å². The zero-order chi connectivity index (χ0) is 18.3. The Balaban J connectivity index is 1.82. The van der Waals surface area contributed by atoms with Gasteiger partial charge in [-0.15, -0.1) is 3.97 Å². The SMILES string of the molecule is [O-][S+](c1ccccc1)n1cc(I)c2cc(-c3ccc(F)cc3F)cnc21. The fourth-order valence-electron chi connectivity index (χ4n) is 2.69. The number of hydrogen-bond donors (Lipinski definition) is 0. The zero-order valence-corrected chi connectivity index (χ0v) is 16.2. The molecule has 7 heteroatoms. The normalized spacial score (nSPS) is 12.5. The van der Waals surface area contributed by atoms with Gasteiger partial charge in [0, 0.05) is 32.3 Å². The molecule has 2 aromatic carbocycles. The minimum absolute atomic E-state index is 0.272. The van der Waals surface area contributed by atoms with Gasteiger partial charge in [-0.3, -0.25) is 0 Å². The molecule has 0 bridgehead atoms. The molecular weight excluding hydrogens is 469 g/mol. The van der Waals surface area contributed by atoms with Crippen LogP contribution in [0.1, 0.15) is 0 Å². The van der Waals surface area contributed by atoms with Crippen molar-refractivity contribution >= 4 is 45.0 Å². The highest BCUT2D eigenvalue weighted by Crippen LogP contribution is 2.30. The van der Waals surface area contributed by atoms with E-state index in [1.165, 1.54) is 18.3 Å². The van der Waals surface area contributed by atoms with E-state index in [1.54, 1.807) is 28.4 Å². The predicted octanol–water partition coefficient (Wildman–Crippen LogP) is 5.16. The van der Waals surface area contributed by atoms with Crippen LogP contribution < -0.4 is 0 Å². The number of rotatable bonds is 3. The third kappa shape index (κ3) is 3.10. The van der Waals surface area contributed by atoms with Gasteiger partial charge in [-0.2, -0.15) is 0 Å². The summed E-state index contributed by atoms with van der Waals surface area (Å²) >= 11 is 0.699. The lowest BCUT2D eigenvalue weighted by molar-refractivity contribution is 0.585. The van der Waals surface area contributed by atoms with Crippen LogP contribution in [0.2, 0.25) is 0 Å². The van der Waals surface area contributed by atoms with Crippen LogP contribution in [0.4, 0.5) is 8.78 Å². The number of halogens is 3. The number of aromatic nitrogens is 2. The van der Waals surface area contributed by atoms with Crippen LogP contribution in [0.15, 0.2) is 71.9 Å². The van der Waals surface area contributed by atoms with Gasteiger partial charge >= 0.3 is 0 Å². The minimum atomic E-state index is -1.43. The quantitative estimate of drug-likeness (QED) is 0.301. The van der Waals surface area contributed by atoms with E-state index in [9.17, 15) is 13.3 Å². The van der Waals surface area contributed by atoms with Crippen molar-refractivity contribution in [2.24, 2.45) is 0 Å². The molecule has 0 saturated carbocycles. The molecule has 4 aromatic rings. The average molecular weight is 480 g/mol. The summed E-state index contributed by atoms with van der Waals surface area (Å²) in [7, 11) is 0. The summed E-state index contributed by atoms with van der Waals surface area (Å²) in [5.74, 6) is -1.27.